The van der Waals surface area contributed by atoms with E-state index in [4.69, 9.17) is 9.26 Å². The number of aromatic nitrogens is 1. The second-order valence-corrected chi connectivity index (χ2v) is 10.8. The first-order chi connectivity index (χ1) is 15.1. The highest BCUT2D eigenvalue weighted by Crippen LogP contribution is 2.40. The molecule has 0 spiro atoms. The smallest absolute Gasteiger partial charge is 0.341 e. The van der Waals surface area contributed by atoms with E-state index in [-0.39, 0.29) is 23.7 Å². The topological polar surface area (TPSA) is 111 Å². The number of carbonyl (C=O) groups is 3. The van der Waals surface area contributed by atoms with Crippen molar-refractivity contribution in [3.63, 3.8) is 0 Å². The number of nitrogens with zero attached hydrogens (tertiary/aromatic N) is 1. The van der Waals surface area contributed by atoms with Gasteiger partial charge in [-0.3, -0.25) is 9.59 Å². The van der Waals surface area contributed by atoms with Gasteiger partial charge in [0, 0.05) is 10.9 Å². The summed E-state index contributed by atoms with van der Waals surface area (Å²) in [6.07, 6.45) is 2.46. The summed E-state index contributed by atoms with van der Waals surface area (Å²) in [5.41, 5.74) is 1.48. The van der Waals surface area contributed by atoms with E-state index >= 15 is 0 Å². The predicted molar refractivity (Wildman–Crippen MR) is 126 cm³/mol. The second-order valence-electron chi connectivity index (χ2n) is 8.32. The van der Waals surface area contributed by atoms with Crippen molar-refractivity contribution < 1.29 is 23.6 Å². The van der Waals surface area contributed by atoms with Crippen molar-refractivity contribution in [3.8, 4) is 0 Å². The van der Waals surface area contributed by atoms with Gasteiger partial charge in [0.25, 0.3) is 0 Å². The number of hydrogen-bond acceptors (Lipinski definition) is 8. The van der Waals surface area contributed by atoms with Crippen molar-refractivity contribution in [3.05, 3.63) is 27.8 Å². The van der Waals surface area contributed by atoms with E-state index in [9.17, 15) is 14.4 Å². The Kier molecular flexibility index (Phi) is 8.00. The van der Waals surface area contributed by atoms with Gasteiger partial charge in [-0.05, 0) is 58.4 Å². The highest BCUT2D eigenvalue weighted by atomic mass is 32.2. The van der Waals surface area contributed by atoms with Crippen LogP contribution in [0.4, 0.5) is 10.8 Å². The highest BCUT2D eigenvalue weighted by molar-refractivity contribution is 8.01. The van der Waals surface area contributed by atoms with Crippen LogP contribution < -0.4 is 10.6 Å². The maximum absolute atomic E-state index is 12.8. The standard InChI is InChI=1S/C22H29N3O5S2/c1-11(2)29-22(28)19-15-7-6-12(3)8-16(15)32-21(19)24-18(26)10-31-14(5)20(27)23-17-9-13(4)30-25-17/h9,11-12,14H,6-8,10H2,1-5H3,(H,24,26)(H,23,25,27). The molecule has 1 aliphatic rings. The van der Waals surface area contributed by atoms with E-state index in [1.165, 1.54) is 23.1 Å². The SMILES string of the molecule is Cc1cc(NC(=O)C(C)SCC(=O)Nc2sc3c(c2C(=O)OC(C)C)CCC(C)C3)no1. The van der Waals surface area contributed by atoms with Crippen LogP contribution in [0.1, 0.15) is 60.7 Å². The summed E-state index contributed by atoms with van der Waals surface area (Å²) < 4.78 is 10.4. The molecule has 0 saturated carbocycles. The lowest BCUT2D eigenvalue weighted by Gasteiger charge is -2.19. The van der Waals surface area contributed by atoms with Gasteiger partial charge in [0.1, 0.15) is 10.8 Å². The largest absolute Gasteiger partial charge is 0.459 e. The number of aryl methyl sites for hydroxylation is 1. The quantitative estimate of drug-likeness (QED) is 0.539. The minimum atomic E-state index is -0.472. The Morgan fingerprint density at radius 3 is 2.72 bits per heavy atom. The Labute approximate surface area is 195 Å². The fourth-order valence-electron chi connectivity index (χ4n) is 3.42. The zero-order valence-electron chi connectivity index (χ0n) is 18.9. The summed E-state index contributed by atoms with van der Waals surface area (Å²) in [4.78, 5) is 38.8. The molecule has 32 heavy (non-hydrogen) atoms. The molecule has 0 saturated heterocycles. The Bertz CT molecular complexity index is 998. The third-order valence-corrected chi connectivity index (χ3v) is 7.34. The Morgan fingerprint density at radius 2 is 2.06 bits per heavy atom. The molecule has 1 aliphatic carbocycles. The van der Waals surface area contributed by atoms with E-state index < -0.39 is 11.2 Å². The molecule has 0 aliphatic heterocycles. The number of thiophene rings is 1. The van der Waals surface area contributed by atoms with Gasteiger partial charge in [-0.1, -0.05) is 12.1 Å². The van der Waals surface area contributed by atoms with E-state index in [0.29, 0.717) is 28.1 Å². The van der Waals surface area contributed by atoms with E-state index in [0.717, 1.165) is 29.7 Å². The van der Waals surface area contributed by atoms with Gasteiger partial charge < -0.3 is 19.9 Å². The van der Waals surface area contributed by atoms with Crippen molar-refractivity contribution in [1.82, 2.24) is 5.16 Å². The number of rotatable bonds is 8. The Hall–Kier alpha value is -2.33. The van der Waals surface area contributed by atoms with Crippen molar-refractivity contribution >= 4 is 51.7 Å². The maximum Gasteiger partial charge on any atom is 0.341 e. The fourth-order valence-corrected chi connectivity index (χ4v) is 5.52. The first-order valence-corrected chi connectivity index (χ1v) is 12.5. The molecule has 0 radical (unpaired) electrons. The Morgan fingerprint density at radius 1 is 1.31 bits per heavy atom. The molecule has 10 heteroatoms. The van der Waals surface area contributed by atoms with Gasteiger partial charge in [-0.2, -0.15) is 0 Å². The third-order valence-electron chi connectivity index (χ3n) is 5.02. The number of fused-ring (bicyclic) bond motifs is 1. The van der Waals surface area contributed by atoms with Gasteiger partial charge in [-0.25, -0.2) is 4.79 Å². The summed E-state index contributed by atoms with van der Waals surface area (Å²) in [6, 6.07) is 1.62. The van der Waals surface area contributed by atoms with Crippen LogP contribution in [0.2, 0.25) is 0 Å². The van der Waals surface area contributed by atoms with Crippen molar-refractivity contribution in [2.45, 2.75) is 65.2 Å². The number of ether oxygens (including phenoxy) is 1. The summed E-state index contributed by atoms with van der Waals surface area (Å²) in [6.45, 7) is 9.26. The van der Waals surface area contributed by atoms with Crippen LogP contribution in [0.15, 0.2) is 10.6 Å². The molecule has 0 bridgehead atoms. The van der Waals surface area contributed by atoms with Crippen molar-refractivity contribution in [2.24, 2.45) is 5.92 Å². The summed E-state index contributed by atoms with van der Waals surface area (Å²) >= 11 is 2.66. The molecule has 2 unspecified atom stereocenters. The average molecular weight is 480 g/mol. The first kappa shape index (κ1) is 24.3. The number of thioether (sulfide) groups is 1. The van der Waals surface area contributed by atoms with Crippen LogP contribution in [-0.2, 0) is 27.2 Å². The molecule has 2 N–H and O–H groups in total. The monoisotopic (exact) mass is 479 g/mol. The lowest BCUT2D eigenvalue weighted by Crippen LogP contribution is -2.25. The van der Waals surface area contributed by atoms with Crippen molar-refractivity contribution in [2.75, 3.05) is 16.4 Å². The number of esters is 1. The molecule has 3 rings (SSSR count). The minimum absolute atomic E-state index is 0.0735. The van der Waals surface area contributed by atoms with E-state index in [1.54, 1.807) is 33.8 Å². The molecule has 8 nitrogen and oxygen atoms in total. The highest BCUT2D eigenvalue weighted by Gasteiger charge is 2.29. The average Bonchev–Trinajstić information content (AvgIpc) is 3.27. The molecule has 2 atom stereocenters. The van der Waals surface area contributed by atoms with Gasteiger partial charge >= 0.3 is 5.97 Å². The molecule has 174 valence electrons. The van der Waals surface area contributed by atoms with Crippen LogP contribution in [-0.4, -0.2) is 40.0 Å². The van der Waals surface area contributed by atoms with E-state index in [1.807, 2.05) is 0 Å². The number of anilines is 2. The summed E-state index contributed by atoms with van der Waals surface area (Å²) in [5, 5.41) is 9.34. The molecule has 0 fully saturated rings. The predicted octanol–water partition coefficient (Wildman–Crippen LogP) is 4.43. The van der Waals surface area contributed by atoms with Crippen LogP contribution in [0.3, 0.4) is 0 Å². The van der Waals surface area contributed by atoms with E-state index in [2.05, 4.69) is 22.7 Å². The number of carbonyl (C=O) groups excluding carboxylic acids is 3. The van der Waals surface area contributed by atoms with Gasteiger partial charge in [0.05, 0.1) is 22.7 Å². The minimum Gasteiger partial charge on any atom is -0.459 e. The first-order valence-electron chi connectivity index (χ1n) is 10.6. The van der Waals surface area contributed by atoms with Crippen LogP contribution in [0.25, 0.3) is 0 Å². The molecular weight excluding hydrogens is 450 g/mol. The van der Waals surface area contributed by atoms with Crippen LogP contribution in [0, 0.1) is 12.8 Å². The second kappa shape index (κ2) is 10.5. The zero-order chi connectivity index (χ0) is 23.4. The molecule has 2 aromatic rings. The van der Waals surface area contributed by atoms with Crippen LogP contribution >= 0.6 is 23.1 Å². The Balaban J connectivity index is 1.63. The zero-order valence-corrected chi connectivity index (χ0v) is 20.6. The molecule has 2 heterocycles. The molecule has 2 amide bonds. The summed E-state index contributed by atoms with van der Waals surface area (Å²) in [7, 11) is 0. The van der Waals surface area contributed by atoms with Crippen molar-refractivity contribution in [1.29, 1.82) is 0 Å². The van der Waals surface area contributed by atoms with Crippen LogP contribution in [0.5, 0.6) is 0 Å². The number of hydrogen-bond donors (Lipinski definition) is 2. The number of nitrogens with one attached hydrogen (secondary N) is 2. The number of amides is 2. The van der Waals surface area contributed by atoms with Gasteiger partial charge in [0.2, 0.25) is 11.8 Å². The van der Waals surface area contributed by atoms with Gasteiger partial charge in [0.15, 0.2) is 5.82 Å². The van der Waals surface area contributed by atoms with Gasteiger partial charge in [-0.15, -0.1) is 23.1 Å². The molecular formula is C22H29N3O5S2. The molecule has 2 aromatic heterocycles. The lowest BCUT2D eigenvalue weighted by molar-refractivity contribution is -0.115. The lowest BCUT2D eigenvalue weighted by atomic mass is 9.88. The third kappa shape index (κ3) is 6.13. The maximum atomic E-state index is 12.8. The normalized spacial score (nSPS) is 16.4. The fraction of sp³-hybridized carbons (Fsp3) is 0.545. The summed E-state index contributed by atoms with van der Waals surface area (Å²) in [5.74, 6) is 0.628. The molecule has 0 aromatic carbocycles.